The SMILES string of the molecule is O=C(CN1C(=O)N[C@]2(CCc3ccccc32)C1=O)Nc1ccccc1F. The molecule has 2 aromatic carbocycles. The number of carbonyl (C=O) groups excluding carboxylic acids is 3. The van der Waals surface area contributed by atoms with E-state index in [0.717, 1.165) is 16.0 Å². The summed E-state index contributed by atoms with van der Waals surface area (Å²) in [6.45, 7) is -0.469. The first kappa shape index (κ1) is 16.3. The summed E-state index contributed by atoms with van der Waals surface area (Å²) in [5.41, 5.74) is 0.686. The fourth-order valence-electron chi connectivity index (χ4n) is 3.63. The van der Waals surface area contributed by atoms with Gasteiger partial charge in [-0.2, -0.15) is 0 Å². The zero-order chi connectivity index (χ0) is 18.3. The van der Waals surface area contributed by atoms with Crippen LogP contribution in [0.1, 0.15) is 17.5 Å². The van der Waals surface area contributed by atoms with Crippen LogP contribution in [0, 0.1) is 5.82 Å². The molecule has 2 N–H and O–H groups in total. The number of rotatable bonds is 3. The van der Waals surface area contributed by atoms with E-state index in [1.165, 1.54) is 18.2 Å². The second-order valence-corrected chi connectivity index (χ2v) is 6.41. The van der Waals surface area contributed by atoms with Crippen LogP contribution in [-0.4, -0.2) is 29.3 Å². The molecule has 2 aromatic rings. The van der Waals surface area contributed by atoms with Gasteiger partial charge in [0.2, 0.25) is 5.91 Å². The number of urea groups is 1. The van der Waals surface area contributed by atoms with Crippen LogP contribution in [-0.2, 0) is 21.5 Å². The number of para-hydroxylation sites is 1. The Morgan fingerprint density at radius 1 is 1.15 bits per heavy atom. The molecule has 4 amide bonds. The molecule has 6 nitrogen and oxygen atoms in total. The van der Waals surface area contributed by atoms with E-state index < -0.39 is 35.7 Å². The first-order chi connectivity index (χ1) is 12.5. The number of fused-ring (bicyclic) bond motifs is 2. The van der Waals surface area contributed by atoms with Crippen LogP contribution in [0.15, 0.2) is 48.5 Å². The molecule has 132 valence electrons. The lowest BCUT2D eigenvalue weighted by atomic mass is 9.92. The van der Waals surface area contributed by atoms with Gasteiger partial charge in [0.05, 0.1) is 5.69 Å². The van der Waals surface area contributed by atoms with Crippen LogP contribution in [0.4, 0.5) is 14.9 Å². The zero-order valence-electron chi connectivity index (χ0n) is 13.8. The van der Waals surface area contributed by atoms with Gasteiger partial charge < -0.3 is 10.6 Å². The molecule has 0 unspecified atom stereocenters. The second-order valence-electron chi connectivity index (χ2n) is 6.41. The first-order valence-electron chi connectivity index (χ1n) is 8.28. The molecule has 0 bridgehead atoms. The Bertz CT molecular complexity index is 930. The van der Waals surface area contributed by atoms with Gasteiger partial charge in [-0.1, -0.05) is 36.4 Å². The van der Waals surface area contributed by atoms with Gasteiger partial charge in [-0.15, -0.1) is 0 Å². The molecule has 4 rings (SSSR count). The number of benzene rings is 2. The third kappa shape index (κ3) is 2.44. The van der Waals surface area contributed by atoms with Crippen LogP contribution in [0.5, 0.6) is 0 Å². The van der Waals surface area contributed by atoms with Crippen molar-refractivity contribution in [3.8, 4) is 0 Å². The molecule has 26 heavy (non-hydrogen) atoms. The fraction of sp³-hybridized carbons (Fsp3) is 0.211. The lowest BCUT2D eigenvalue weighted by Gasteiger charge is -2.22. The Labute approximate surface area is 149 Å². The van der Waals surface area contributed by atoms with Crippen molar-refractivity contribution in [1.29, 1.82) is 0 Å². The van der Waals surface area contributed by atoms with Crippen LogP contribution in [0.25, 0.3) is 0 Å². The van der Waals surface area contributed by atoms with E-state index in [0.29, 0.717) is 12.8 Å². The number of hydrogen-bond acceptors (Lipinski definition) is 3. The van der Waals surface area contributed by atoms with Crippen molar-refractivity contribution in [1.82, 2.24) is 10.2 Å². The molecule has 0 radical (unpaired) electrons. The van der Waals surface area contributed by atoms with E-state index in [-0.39, 0.29) is 5.69 Å². The highest BCUT2D eigenvalue weighted by Crippen LogP contribution is 2.41. The fourth-order valence-corrected chi connectivity index (χ4v) is 3.63. The summed E-state index contributed by atoms with van der Waals surface area (Å²) < 4.78 is 13.6. The maximum Gasteiger partial charge on any atom is 0.325 e. The summed E-state index contributed by atoms with van der Waals surface area (Å²) in [5, 5.41) is 5.14. The number of amides is 4. The molecule has 1 aliphatic carbocycles. The largest absolute Gasteiger partial charge is 0.325 e. The molecule has 1 spiro atoms. The number of imide groups is 1. The summed E-state index contributed by atoms with van der Waals surface area (Å²) >= 11 is 0. The number of hydrogen-bond donors (Lipinski definition) is 2. The third-order valence-corrected chi connectivity index (χ3v) is 4.87. The molecule has 1 heterocycles. The van der Waals surface area contributed by atoms with Crippen molar-refractivity contribution in [3.05, 3.63) is 65.5 Å². The smallest absolute Gasteiger partial charge is 0.322 e. The van der Waals surface area contributed by atoms with Crippen molar-refractivity contribution < 1.29 is 18.8 Å². The molecule has 1 fully saturated rings. The quantitative estimate of drug-likeness (QED) is 0.830. The number of nitrogens with one attached hydrogen (secondary N) is 2. The summed E-state index contributed by atoms with van der Waals surface area (Å²) in [6.07, 6.45) is 1.14. The Morgan fingerprint density at radius 2 is 1.88 bits per heavy atom. The van der Waals surface area contributed by atoms with E-state index in [1.54, 1.807) is 6.07 Å². The van der Waals surface area contributed by atoms with E-state index >= 15 is 0 Å². The summed E-state index contributed by atoms with van der Waals surface area (Å²) in [4.78, 5) is 38.4. The first-order valence-corrected chi connectivity index (χ1v) is 8.28. The van der Waals surface area contributed by atoms with Gasteiger partial charge in [-0.3, -0.25) is 14.5 Å². The molecule has 1 saturated heterocycles. The number of anilines is 1. The number of nitrogens with zero attached hydrogens (tertiary/aromatic N) is 1. The van der Waals surface area contributed by atoms with Crippen LogP contribution in [0.3, 0.4) is 0 Å². The van der Waals surface area contributed by atoms with Gasteiger partial charge in [-0.05, 0) is 36.1 Å². The van der Waals surface area contributed by atoms with Gasteiger partial charge in [0.25, 0.3) is 5.91 Å². The Hall–Kier alpha value is -3.22. The number of halogens is 1. The molecule has 1 aliphatic heterocycles. The van der Waals surface area contributed by atoms with Gasteiger partial charge in [-0.25, -0.2) is 9.18 Å². The van der Waals surface area contributed by atoms with Gasteiger partial charge in [0.15, 0.2) is 0 Å². The number of carbonyl (C=O) groups is 3. The molecular formula is C19H16FN3O3. The Balaban J connectivity index is 1.54. The summed E-state index contributed by atoms with van der Waals surface area (Å²) in [5.74, 6) is -1.67. The highest BCUT2D eigenvalue weighted by Gasteiger charge is 2.55. The zero-order valence-corrected chi connectivity index (χ0v) is 13.8. The molecule has 7 heteroatoms. The Morgan fingerprint density at radius 3 is 2.69 bits per heavy atom. The predicted molar refractivity (Wildman–Crippen MR) is 91.7 cm³/mol. The van der Waals surface area contributed by atoms with Crippen molar-refractivity contribution >= 4 is 23.5 Å². The van der Waals surface area contributed by atoms with Crippen molar-refractivity contribution in [2.45, 2.75) is 18.4 Å². The van der Waals surface area contributed by atoms with Crippen molar-refractivity contribution in [2.24, 2.45) is 0 Å². The molecular weight excluding hydrogens is 337 g/mol. The molecule has 1 atom stereocenters. The van der Waals surface area contributed by atoms with E-state index in [1.807, 2.05) is 24.3 Å². The van der Waals surface area contributed by atoms with E-state index in [2.05, 4.69) is 10.6 Å². The topological polar surface area (TPSA) is 78.5 Å². The minimum atomic E-state index is -1.11. The van der Waals surface area contributed by atoms with E-state index in [4.69, 9.17) is 0 Å². The van der Waals surface area contributed by atoms with Gasteiger partial charge >= 0.3 is 6.03 Å². The molecule has 2 aliphatic rings. The monoisotopic (exact) mass is 353 g/mol. The minimum absolute atomic E-state index is 0.00507. The second kappa shape index (κ2) is 5.94. The normalized spacial score (nSPS) is 21.0. The lowest BCUT2D eigenvalue weighted by Crippen LogP contribution is -2.43. The van der Waals surface area contributed by atoms with Crippen molar-refractivity contribution in [3.63, 3.8) is 0 Å². The van der Waals surface area contributed by atoms with Gasteiger partial charge in [0.1, 0.15) is 17.9 Å². The minimum Gasteiger partial charge on any atom is -0.322 e. The lowest BCUT2D eigenvalue weighted by molar-refractivity contribution is -0.134. The van der Waals surface area contributed by atoms with Gasteiger partial charge in [0, 0.05) is 0 Å². The highest BCUT2D eigenvalue weighted by atomic mass is 19.1. The van der Waals surface area contributed by atoms with Crippen LogP contribution < -0.4 is 10.6 Å². The summed E-state index contributed by atoms with van der Waals surface area (Å²) in [6, 6.07) is 12.6. The molecule has 0 aromatic heterocycles. The standard InChI is InChI=1S/C19H16FN3O3/c20-14-7-3-4-8-15(14)21-16(24)11-23-17(25)19(22-18(23)26)10-9-12-5-1-2-6-13(12)19/h1-8H,9-11H2,(H,21,24)(H,22,26)/t19-/m0/s1. The average Bonchev–Trinajstić information content (AvgIpc) is 3.11. The molecule has 0 saturated carbocycles. The Kier molecular flexibility index (Phi) is 3.72. The number of aryl methyl sites for hydroxylation is 1. The van der Waals surface area contributed by atoms with Crippen LogP contribution >= 0.6 is 0 Å². The summed E-state index contributed by atoms with van der Waals surface area (Å²) in [7, 11) is 0. The average molecular weight is 353 g/mol. The highest BCUT2D eigenvalue weighted by molar-refractivity contribution is 6.10. The van der Waals surface area contributed by atoms with Crippen molar-refractivity contribution in [2.75, 3.05) is 11.9 Å². The third-order valence-electron chi connectivity index (χ3n) is 4.87. The maximum atomic E-state index is 13.6. The van der Waals surface area contributed by atoms with E-state index in [9.17, 15) is 18.8 Å². The maximum absolute atomic E-state index is 13.6. The van der Waals surface area contributed by atoms with Crippen LogP contribution in [0.2, 0.25) is 0 Å². The predicted octanol–water partition coefficient (Wildman–Crippen LogP) is 2.16.